The van der Waals surface area contributed by atoms with E-state index in [0.29, 0.717) is 16.9 Å². The third-order valence-corrected chi connectivity index (χ3v) is 6.29. The van der Waals surface area contributed by atoms with Crippen LogP contribution in [0.1, 0.15) is 43.4 Å². The molecule has 1 aliphatic carbocycles. The van der Waals surface area contributed by atoms with Gasteiger partial charge in [0.25, 0.3) is 0 Å². The zero-order valence-electron chi connectivity index (χ0n) is 15.2. The first-order valence-electron chi connectivity index (χ1n) is 9.39. The summed E-state index contributed by atoms with van der Waals surface area (Å²) in [6.07, 6.45) is 5.66. The Labute approximate surface area is 165 Å². The number of nitrogens with zero attached hydrogens (tertiary/aromatic N) is 1. The molecule has 1 heterocycles. The molecule has 4 heteroatoms. The summed E-state index contributed by atoms with van der Waals surface area (Å²) in [5.41, 5.74) is 4.85. The number of rotatable bonds is 4. The molecule has 0 saturated heterocycles. The molecule has 136 valence electrons. The summed E-state index contributed by atoms with van der Waals surface area (Å²) in [4.78, 5) is 2.37. The second kappa shape index (κ2) is 7.17. The van der Waals surface area contributed by atoms with Gasteiger partial charge >= 0.3 is 0 Å². The summed E-state index contributed by atoms with van der Waals surface area (Å²) in [6, 6.07) is 13.1. The third-order valence-electron chi connectivity index (χ3n) is 5.76. The van der Waals surface area contributed by atoms with Gasteiger partial charge in [0.2, 0.25) is 0 Å². The Bertz CT molecular complexity index is 825. The molecule has 3 atom stereocenters. The Morgan fingerprint density at radius 2 is 1.81 bits per heavy atom. The maximum Gasteiger partial charge on any atom is 0.0553 e. The van der Waals surface area contributed by atoms with Gasteiger partial charge in [0.05, 0.1) is 6.04 Å². The number of hydrogen-bond acceptors (Lipinski definition) is 2. The zero-order valence-corrected chi connectivity index (χ0v) is 16.7. The molecule has 0 fully saturated rings. The first-order chi connectivity index (χ1) is 12.6. The maximum atomic E-state index is 6.53. The summed E-state index contributed by atoms with van der Waals surface area (Å²) < 4.78 is 0. The minimum atomic E-state index is 0.266. The van der Waals surface area contributed by atoms with E-state index in [9.17, 15) is 0 Å². The van der Waals surface area contributed by atoms with E-state index in [2.05, 4.69) is 60.5 Å². The molecule has 1 N–H and O–H groups in total. The fourth-order valence-corrected chi connectivity index (χ4v) is 5.07. The van der Waals surface area contributed by atoms with E-state index < -0.39 is 0 Å². The lowest BCUT2D eigenvalue weighted by Crippen LogP contribution is -2.29. The van der Waals surface area contributed by atoms with Crippen LogP contribution in [0.25, 0.3) is 0 Å². The van der Waals surface area contributed by atoms with Gasteiger partial charge in [-0.15, -0.1) is 0 Å². The number of nitrogens with one attached hydrogen (secondary N) is 1. The molecule has 2 aromatic carbocycles. The number of allylic oxidation sites excluding steroid dienone is 2. The molecule has 0 bridgehead atoms. The summed E-state index contributed by atoms with van der Waals surface area (Å²) >= 11 is 12.8. The van der Waals surface area contributed by atoms with Crippen LogP contribution in [0, 0.1) is 5.92 Å². The SMILES string of the molecule is CCN(CC)c1ccc(C2Nc3cc(Cl)cc(Cl)c3C3C=CCC32)cc1. The van der Waals surface area contributed by atoms with E-state index in [4.69, 9.17) is 23.2 Å². The van der Waals surface area contributed by atoms with Crippen molar-refractivity contribution in [2.45, 2.75) is 32.2 Å². The van der Waals surface area contributed by atoms with Crippen LogP contribution in [0.3, 0.4) is 0 Å². The monoisotopic (exact) mass is 386 g/mol. The van der Waals surface area contributed by atoms with Gasteiger partial charge in [0, 0.05) is 46.0 Å². The Balaban J connectivity index is 1.69. The molecule has 2 aliphatic rings. The van der Waals surface area contributed by atoms with Gasteiger partial charge in [-0.2, -0.15) is 0 Å². The molecule has 26 heavy (non-hydrogen) atoms. The van der Waals surface area contributed by atoms with Gasteiger partial charge in [0.15, 0.2) is 0 Å². The van der Waals surface area contributed by atoms with Crippen LogP contribution in [0.4, 0.5) is 11.4 Å². The van der Waals surface area contributed by atoms with E-state index in [-0.39, 0.29) is 6.04 Å². The van der Waals surface area contributed by atoms with E-state index in [1.165, 1.54) is 16.8 Å². The van der Waals surface area contributed by atoms with E-state index in [1.54, 1.807) is 0 Å². The number of fused-ring (bicyclic) bond motifs is 3. The molecular formula is C22H24Cl2N2. The second-order valence-corrected chi connectivity index (χ2v) is 7.93. The van der Waals surface area contributed by atoms with Crippen LogP contribution < -0.4 is 10.2 Å². The highest BCUT2D eigenvalue weighted by Crippen LogP contribution is 2.52. The van der Waals surface area contributed by atoms with Crippen LogP contribution in [0.15, 0.2) is 48.6 Å². The van der Waals surface area contributed by atoms with Gasteiger partial charge in [-0.1, -0.05) is 47.5 Å². The minimum absolute atomic E-state index is 0.266. The Morgan fingerprint density at radius 3 is 2.50 bits per heavy atom. The fraction of sp³-hybridized carbons (Fsp3) is 0.364. The summed E-state index contributed by atoms with van der Waals surface area (Å²) in [5.74, 6) is 0.837. The summed E-state index contributed by atoms with van der Waals surface area (Å²) in [6.45, 7) is 6.44. The van der Waals surface area contributed by atoms with Gasteiger partial charge in [-0.05, 0) is 56.0 Å². The standard InChI is InChI=1S/C22H24Cl2N2/c1-3-26(4-2)16-10-8-14(9-11-16)22-18-7-5-6-17(18)21-19(24)12-15(23)13-20(21)25-22/h5-6,8-13,17-18,22,25H,3-4,7H2,1-2H3. The van der Waals surface area contributed by atoms with Crippen molar-refractivity contribution >= 4 is 34.6 Å². The van der Waals surface area contributed by atoms with Crippen LogP contribution in [0.2, 0.25) is 10.0 Å². The van der Waals surface area contributed by atoms with Crippen LogP contribution >= 0.6 is 23.2 Å². The summed E-state index contributed by atoms with van der Waals surface area (Å²) in [5, 5.41) is 5.16. The quantitative estimate of drug-likeness (QED) is 0.590. The van der Waals surface area contributed by atoms with Crippen molar-refractivity contribution < 1.29 is 0 Å². The number of halogens is 2. The minimum Gasteiger partial charge on any atom is -0.378 e. The molecule has 0 radical (unpaired) electrons. The van der Waals surface area contributed by atoms with Crippen molar-refractivity contribution in [3.63, 3.8) is 0 Å². The van der Waals surface area contributed by atoms with E-state index in [1.807, 2.05) is 12.1 Å². The fourth-order valence-electron chi connectivity index (χ4n) is 4.45. The van der Waals surface area contributed by atoms with Crippen molar-refractivity contribution in [3.8, 4) is 0 Å². The molecule has 3 unspecified atom stereocenters. The normalized spacial score (nSPS) is 23.3. The topological polar surface area (TPSA) is 15.3 Å². The third kappa shape index (κ3) is 3.00. The Hall–Kier alpha value is -1.64. The van der Waals surface area contributed by atoms with Crippen LogP contribution in [-0.2, 0) is 0 Å². The van der Waals surface area contributed by atoms with Crippen LogP contribution in [0.5, 0.6) is 0 Å². The van der Waals surface area contributed by atoms with Crippen LogP contribution in [-0.4, -0.2) is 13.1 Å². The molecule has 2 nitrogen and oxygen atoms in total. The van der Waals surface area contributed by atoms with Gasteiger partial charge in [0.1, 0.15) is 0 Å². The van der Waals surface area contributed by atoms with Gasteiger partial charge in [-0.25, -0.2) is 0 Å². The molecule has 0 amide bonds. The van der Waals surface area contributed by atoms with Gasteiger partial charge in [-0.3, -0.25) is 0 Å². The van der Waals surface area contributed by atoms with Crippen molar-refractivity contribution in [2.75, 3.05) is 23.3 Å². The molecule has 2 aromatic rings. The predicted molar refractivity (Wildman–Crippen MR) is 113 cm³/mol. The largest absolute Gasteiger partial charge is 0.378 e. The predicted octanol–water partition coefficient (Wildman–Crippen LogP) is 6.67. The molecule has 1 aliphatic heterocycles. The number of hydrogen-bond donors (Lipinski definition) is 1. The Kier molecular flexibility index (Phi) is 4.90. The highest BCUT2D eigenvalue weighted by atomic mass is 35.5. The average molecular weight is 387 g/mol. The number of anilines is 2. The lowest BCUT2D eigenvalue weighted by Gasteiger charge is -2.38. The first-order valence-corrected chi connectivity index (χ1v) is 10.1. The molecule has 0 saturated carbocycles. The highest BCUT2D eigenvalue weighted by molar-refractivity contribution is 6.35. The molecule has 0 spiro atoms. The van der Waals surface area contributed by atoms with Crippen molar-refractivity contribution in [2.24, 2.45) is 5.92 Å². The molecule has 0 aromatic heterocycles. The molecule has 4 rings (SSSR count). The van der Waals surface area contributed by atoms with E-state index >= 15 is 0 Å². The Morgan fingerprint density at radius 1 is 1.08 bits per heavy atom. The van der Waals surface area contributed by atoms with Gasteiger partial charge < -0.3 is 10.2 Å². The molecular weight excluding hydrogens is 363 g/mol. The zero-order chi connectivity index (χ0) is 18.3. The van der Waals surface area contributed by atoms with Crippen molar-refractivity contribution in [1.29, 1.82) is 0 Å². The van der Waals surface area contributed by atoms with Crippen molar-refractivity contribution in [1.82, 2.24) is 0 Å². The first kappa shape index (κ1) is 17.8. The van der Waals surface area contributed by atoms with E-state index in [0.717, 1.165) is 30.2 Å². The lowest BCUT2D eigenvalue weighted by atomic mass is 9.77. The summed E-state index contributed by atoms with van der Waals surface area (Å²) in [7, 11) is 0. The average Bonchev–Trinajstić information content (AvgIpc) is 3.11. The maximum absolute atomic E-state index is 6.53. The highest BCUT2D eigenvalue weighted by Gasteiger charge is 2.39. The number of benzene rings is 2. The smallest absolute Gasteiger partial charge is 0.0553 e. The lowest BCUT2D eigenvalue weighted by molar-refractivity contribution is 0.425. The van der Waals surface area contributed by atoms with Crippen molar-refractivity contribution in [3.05, 3.63) is 69.7 Å². The second-order valence-electron chi connectivity index (χ2n) is 7.09.